The van der Waals surface area contributed by atoms with Gasteiger partial charge in [-0.1, -0.05) is 6.07 Å². The highest BCUT2D eigenvalue weighted by molar-refractivity contribution is 9.11. The normalized spacial score (nSPS) is 16.6. The van der Waals surface area contributed by atoms with Gasteiger partial charge < -0.3 is 4.90 Å². The summed E-state index contributed by atoms with van der Waals surface area (Å²) in [4.78, 5) is 24.2. The van der Waals surface area contributed by atoms with Crippen LogP contribution in [0.3, 0.4) is 0 Å². The first-order valence-corrected chi connectivity index (χ1v) is 7.92. The lowest BCUT2D eigenvalue weighted by Crippen LogP contribution is -2.38. The largest absolute Gasteiger partial charge is 0.321 e. The van der Waals surface area contributed by atoms with Crippen LogP contribution in [-0.2, 0) is 12.1 Å². The zero-order valence-corrected chi connectivity index (χ0v) is 13.9. The maximum absolute atomic E-state index is 12.5. The van der Waals surface area contributed by atoms with Crippen LogP contribution in [-0.4, -0.2) is 20.8 Å². The van der Waals surface area contributed by atoms with Crippen molar-refractivity contribution in [1.29, 1.82) is 0 Å². The van der Waals surface area contributed by atoms with E-state index < -0.39 is 0 Å². The average molecular weight is 352 g/mol. The number of aryl methyl sites for hydroxylation is 1. The minimum absolute atomic E-state index is 0.0183. The molecule has 0 unspecified atom stereocenters. The number of hydrogen-bond donors (Lipinski definition) is 0. The van der Waals surface area contributed by atoms with Crippen LogP contribution in [0.1, 0.15) is 40.6 Å². The van der Waals surface area contributed by atoms with Crippen LogP contribution < -0.4 is 0 Å². The number of amides is 1. The summed E-state index contributed by atoms with van der Waals surface area (Å²) in [6.07, 6.45) is 0. The van der Waals surface area contributed by atoms with Gasteiger partial charge in [0.1, 0.15) is 5.69 Å². The molecule has 3 rings (SSSR count). The number of pyridine rings is 1. The average Bonchev–Trinajstić information content (AvgIpc) is 2.84. The molecule has 1 aliphatic heterocycles. The van der Waals surface area contributed by atoms with Crippen molar-refractivity contribution in [2.24, 2.45) is 0 Å². The summed E-state index contributed by atoms with van der Waals surface area (Å²) in [6.45, 7) is 6.57. The number of aromatic nitrogens is 2. The molecular weight excluding hydrogens is 338 g/mol. The fourth-order valence-electron chi connectivity index (χ4n) is 2.48. The Morgan fingerprint density at radius 1 is 1.35 bits per heavy atom. The summed E-state index contributed by atoms with van der Waals surface area (Å²) in [5.41, 5.74) is 2.09. The van der Waals surface area contributed by atoms with E-state index >= 15 is 0 Å². The fraction of sp³-hybridized carbons (Fsp3) is 0.357. The number of fused-ring (bicyclic) bond motifs is 1. The van der Waals surface area contributed by atoms with Crippen molar-refractivity contribution >= 4 is 33.2 Å². The SMILES string of the molecule is Cc1cccc(CN2C(=O)c3nc(Br)sc3C2(C)C)n1. The monoisotopic (exact) mass is 351 g/mol. The molecule has 0 bridgehead atoms. The number of thiazole rings is 1. The van der Waals surface area contributed by atoms with Gasteiger partial charge in [0, 0.05) is 5.69 Å². The topological polar surface area (TPSA) is 46.1 Å². The van der Waals surface area contributed by atoms with E-state index in [-0.39, 0.29) is 11.4 Å². The van der Waals surface area contributed by atoms with E-state index in [1.54, 1.807) is 0 Å². The van der Waals surface area contributed by atoms with Gasteiger partial charge in [0.05, 0.1) is 22.7 Å². The Morgan fingerprint density at radius 3 is 2.75 bits per heavy atom. The zero-order valence-electron chi connectivity index (χ0n) is 11.5. The van der Waals surface area contributed by atoms with Crippen LogP contribution >= 0.6 is 27.3 Å². The molecule has 1 aliphatic rings. The summed E-state index contributed by atoms with van der Waals surface area (Å²) >= 11 is 4.89. The third-order valence-electron chi connectivity index (χ3n) is 3.55. The van der Waals surface area contributed by atoms with Gasteiger partial charge in [-0.15, -0.1) is 11.3 Å². The van der Waals surface area contributed by atoms with Crippen LogP contribution in [0, 0.1) is 6.92 Å². The summed E-state index contributed by atoms with van der Waals surface area (Å²) < 4.78 is 0.761. The van der Waals surface area contributed by atoms with Gasteiger partial charge in [0.2, 0.25) is 0 Å². The van der Waals surface area contributed by atoms with E-state index in [4.69, 9.17) is 0 Å². The van der Waals surface area contributed by atoms with Crippen molar-refractivity contribution in [3.05, 3.63) is 44.1 Å². The molecule has 0 radical (unpaired) electrons. The van der Waals surface area contributed by atoms with Crippen molar-refractivity contribution in [3.8, 4) is 0 Å². The van der Waals surface area contributed by atoms with Crippen LogP contribution in [0.2, 0.25) is 0 Å². The third kappa shape index (κ3) is 2.07. The van der Waals surface area contributed by atoms with Crippen molar-refractivity contribution in [2.75, 3.05) is 0 Å². The fourth-order valence-corrected chi connectivity index (χ4v) is 4.03. The quantitative estimate of drug-likeness (QED) is 0.831. The van der Waals surface area contributed by atoms with Gasteiger partial charge >= 0.3 is 0 Å². The van der Waals surface area contributed by atoms with E-state index in [1.807, 2.05) is 30.0 Å². The van der Waals surface area contributed by atoms with Crippen molar-refractivity contribution in [2.45, 2.75) is 32.9 Å². The molecule has 0 aromatic carbocycles. The van der Waals surface area contributed by atoms with Gasteiger partial charge in [0.15, 0.2) is 3.92 Å². The molecule has 0 N–H and O–H groups in total. The maximum Gasteiger partial charge on any atom is 0.274 e. The van der Waals surface area contributed by atoms with Crippen LogP contribution in [0.25, 0.3) is 0 Å². The van der Waals surface area contributed by atoms with Crippen molar-refractivity contribution < 1.29 is 4.79 Å². The van der Waals surface area contributed by atoms with E-state index in [0.29, 0.717) is 12.2 Å². The van der Waals surface area contributed by atoms with Crippen molar-refractivity contribution in [3.63, 3.8) is 0 Å². The Labute approximate surface area is 130 Å². The smallest absolute Gasteiger partial charge is 0.274 e. The number of halogens is 1. The predicted octanol–water partition coefficient (Wildman–Crippen LogP) is 3.50. The highest BCUT2D eigenvalue weighted by Crippen LogP contribution is 2.43. The van der Waals surface area contributed by atoms with E-state index in [2.05, 4.69) is 39.7 Å². The standard InChI is InChI=1S/C14H14BrN3OS/c1-8-5-4-6-9(16-8)7-18-12(19)10-11(14(18,2)3)20-13(15)17-10/h4-6H,7H2,1-3H3. The summed E-state index contributed by atoms with van der Waals surface area (Å²) in [6, 6.07) is 5.87. The molecule has 0 spiro atoms. The van der Waals surface area contributed by atoms with Crippen LogP contribution in [0.5, 0.6) is 0 Å². The molecule has 104 valence electrons. The number of rotatable bonds is 2. The molecule has 0 fully saturated rings. The molecule has 0 atom stereocenters. The van der Waals surface area contributed by atoms with E-state index in [9.17, 15) is 4.79 Å². The summed E-state index contributed by atoms with van der Waals surface area (Å²) in [7, 11) is 0. The Bertz CT molecular complexity index is 695. The zero-order chi connectivity index (χ0) is 14.5. The number of hydrogen-bond acceptors (Lipinski definition) is 4. The van der Waals surface area contributed by atoms with Crippen molar-refractivity contribution in [1.82, 2.24) is 14.9 Å². The Balaban J connectivity index is 1.96. The molecule has 3 heterocycles. The molecular formula is C14H14BrN3OS. The van der Waals surface area contributed by atoms with Gasteiger partial charge in [-0.3, -0.25) is 9.78 Å². The Morgan fingerprint density at radius 2 is 2.10 bits per heavy atom. The first-order chi connectivity index (χ1) is 9.39. The number of carbonyl (C=O) groups is 1. The highest BCUT2D eigenvalue weighted by atomic mass is 79.9. The minimum atomic E-state index is -0.346. The Hall–Kier alpha value is -1.27. The third-order valence-corrected chi connectivity index (χ3v) is 5.37. The molecule has 4 nitrogen and oxygen atoms in total. The van der Waals surface area contributed by atoms with Gasteiger partial charge in [-0.2, -0.15) is 0 Å². The Kier molecular flexibility index (Phi) is 3.17. The van der Waals surface area contributed by atoms with Gasteiger partial charge in [-0.05, 0) is 48.8 Å². The molecule has 2 aromatic heterocycles. The first-order valence-electron chi connectivity index (χ1n) is 6.31. The maximum atomic E-state index is 12.5. The van der Waals surface area contributed by atoms with E-state index in [0.717, 1.165) is 20.2 Å². The predicted molar refractivity (Wildman–Crippen MR) is 81.7 cm³/mol. The number of carbonyl (C=O) groups excluding carboxylic acids is 1. The van der Waals surface area contributed by atoms with Crippen LogP contribution in [0.4, 0.5) is 0 Å². The first kappa shape index (κ1) is 13.7. The summed E-state index contributed by atoms with van der Waals surface area (Å²) in [5.74, 6) is -0.0183. The summed E-state index contributed by atoms with van der Waals surface area (Å²) in [5, 5.41) is 0. The van der Waals surface area contributed by atoms with Gasteiger partial charge in [-0.25, -0.2) is 4.98 Å². The molecule has 2 aromatic rings. The second-order valence-corrected chi connectivity index (χ2v) is 7.64. The lowest BCUT2D eigenvalue weighted by Gasteiger charge is -2.31. The second kappa shape index (κ2) is 4.63. The lowest BCUT2D eigenvalue weighted by molar-refractivity contribution is 0.0591. The molecule has 0 saturated carbocycles. The molecule has 6 heteroatoms. The minimum Gasteiger partial charge on any atom is -0.321 e. The van der Waals surface area contributed by atoms with E-state index in [1.165, 1.54) is 11.3 Å². The molecule has 1 amide bonds. The van der Waals surface area contributed by atoms with Gasteiger partial charge in [0.25, 0.3) is 5.91 Å². The lowest BCUT2D eigenvalue weighted by atomic mass is 10.0. The number of nitrogens with zero attached hydrogens (tertiary/aromatic N) is 3. The second-order valence-electron chi connectivity index (χ2n) is 5.37. The molecule has 0 saturated heterocycles. The van der Waals surface area contributed by atoms with Crippen LogP contribution in [0.15, 0.2) is 22.1 Å². The molecule has 20 heavy (non-hydrogen) atoms. The molecule has 0 aliphatic carbocycles. The highest BCUT2D eigenvalue weighted by Gasteiger charge is 2.46.